The van der Waals surface area contributed by atoms with Gasteiger partial charge in [-0.2, -0.15) is 0 Å². The first-order valence-electron chi connectivity index (χ1n) is 13.0. The average molecular weight is 547 g/mol. The van der Waals surface area contributed by atoms with Crippen LogP contribution in [0.1, 0.15) is 43.9 Å². The molecule has 204 valence electrons. The summed E-state index contributed by atoms with van der Waals surface area (Å²) < 4.78 is 6.21. The van der Waals surface area contributed by atoms with Crippen LogP contribution < -0.4 is 0 Å². The molecule has 1 heterocycles. The van der Waals surface area contributed by atoms with Crippen LogP contribution >= 0.6 is 11.8 Å². The smallest absolute Gasteiger partial charge is 0.422 e. The molecular formula is C31H34N2O5S. The highest BCUT2D eigenvalue weighted by Crippen LogP contribution is 2.44. The second-order valence-corrected chi connectivity index (χ2v) is 10.8. The van der Waals surface area contributed by atoms with Gasteiger partial charge in [0.2, 0.25) is 0 Å². The first-order valence-corrected chi connectivity index (χ1v) is 13.8. The second kappa shape index (κ2) is 12.4. The van der Waals surface area contributed by atoms with Crippen molar-refractivity contribution in [2.75, 3.05) is 6.54 Å². The fraction of sp³-hybridized carbons (Fsp3) is 0.290. The molecule has 2 N–H and O–H groups in total. The van der Waals surface area contributed by atoms with Gasteiger partial charge >= 0.3 is 12.1 Å². The molecule has 1 aliphatic heterocycles. The van der Waals surface area contributed by atoms with E-state index >= 15 is 0 Å². The summed E-state index contributed by atoms with van der Waals surface area (Å²) in [6.45, 7) is 5.99. The summed E-state index contributed by atoms with van der Waals surface area (Å²) in [5.74, 6) is -0.702. The number of cyclic esters (lactones) is 1. The summed E-state index contributed by atoms with van der Waals surface area (Å²) in [6.07, 6.45) is -0.317. The number of aliphatic hydroxyl groups excluding tert-OH is 1. The topological polar surface area (TPSA) is 90.3 Å². The lowest BCUT2D eigenvalue weighted by Gasteiger charge is -2.44. The predicted octanol–water partition coefficient (Wildman–Crippen LogP) is 6.76. The van der Waals surface area contributed by atoms with E-state index < -0.39 is 17.7 Å². The van der Waals surface area contributed by atoms with Crippen molar-refractivity contribution < 1.29 is 24.5 Å². The van der Waals surface area contributed by atoms with Crippen molar-refractivity contribution in [2.45, 2.75) is 56.7 Å². The third-order valence-corrected chi connectivity index (χ3v) is 8.00. The van der Waals surface area contributed by atoms with Crippen molar-refractivity contribution in [1.29, 1.82) is 0 Å². The van der Waals surface area contributed by atoms with E-state index in [0.717, 1.165) is 22.4 Å². The lowest BCUT2D eigenvalue weighted by molar-refractivity contribution is -0.170. The molecule has 8 heteroatoms. The van der Waals surface area contributed by atoms with E-state index in [1.165, 1.54) is 16.8 Å². The lowest BCUT2D eigenvalue weighted by Crippen LogP contribution is -2.56. The van der Waals surface area contributed by atoms with Gasteiger partial charge in [-0.05, 0) is 43.0 Å². The van der Waals surface area contributed by atoms with E-state index in [9.17, 15) is 19.8 Å². The van der Waals surface area contributed by atoms with Gasteiger partial charge in [-0.1, -0.05) is 97.5 Å². The Hall–Kier alpha value is -3.75. The summed E-state index contributed by atoms with van der Waals surface area (Å²) in [6, 6.07) is 26.1. The van der Waals surface area contributed by atoms with Crippen LogP contribution in [0.25, 0.3) is 0 Å². The Morgan fingerprint density at radius 3 is 2.21 bits per heavy atom. The van der Waals surface area contributed by atoms with E-state index in [4.69, 9.17) is 4.74 Å². The molecule has 1 atom stereocenters. The number of carbonyl (C=O) groups is 2. The Labute approximate surface area is 233 Å². The van der Waals surface area contributed by atoms with E-state index in [-0.39, 0.29) is 36.2 Å². The third kappa shape index (κ3) is 6.46. The number of hydrazine groups is 1. The molecule has 4 rings (SSSR count). The third-order valence-electron chi connectivity index (χ3n) is 6.77. The molecule has 0 spiro atoms. The maximum Gasteiger partial charge on any atom is 0.422 e. The van der Waals surface area contributed by atoms with Crippen LogP contribution in [0.15, 0.2) is 100 Å². The Morgan fingerprint density at radius 1 is 1.00 bits per heavy atom. The van der Waals surface area contributed by atoms with Crippen LogP contribution in [0.2, 0.25) is 0 Å². The van der Waals surface area contributed by atoms with Crippen molar-refractivity contribution in [2.24, 2.45) is 0 Å². The minimum Gasteiger partial charge on any atom is -0.511 e. The number of amides is 1. The summed E-state index contributed by atoms with van der Waals surface area (Å²) in [7, 11) is 0. The number of thioether (sulfide) groups is 1. The standard InChI is InChI=1S/C31H34N2O5S/c1-4-24-15-11-12-18-27(24)39-28-26(34)19-31(38-29(28)35,25-16-9-6-10-17-25)21-33(22(2)3)32(30(36)37)20-23-13-7-5-8-14-23/h5-18,22,34H,4,19-21H2,1-3H3,(H,36,37). The molecule has 0 fully saturated rings. The van der Waals surface area contributed by atoms with Crippen LogP contribution in [0.5, 0.6) is 0 Å². The quantitative estimate of drug-likeness (QED) is 0.214. The molecule has 3 aromatic rings. The zero-order chi connectivity index (χ0) is 28.0. The van der Waals surface area contributed by atoms with Gasteiger partial charge in [-0.3, -0.25) is 0 Å². The van der Waals surface area contributed by atoms with Crippen molar-refractivity contribution >= 4 is 23.8 Å². The maximum absolute atomic E-state index is 13.5. The van der Waals surface area contributed by atoms with Gasteiger partial charge in [0.05, 0.1) is 19.5 Å². The summed E-state index contributed by atoms with van der Waals surface area (Å²) >= 11 is 1.20. The Bertz CT molecular complexity index is 1330. The number of carbonyl (C=O) groups excluding carboxylic acids is 1. The van der Waals surface area contributed by atoms with Crippen molar-refractivity contribution in [3.05, 3.63) is 112 Å². The predicted molar refractivity (Wildman–Crippen MR) is 152 cm³/mol. The molecular weight excluding hydrogens is 512 g/mol. The van der Waals surface area contributed by atoms with Gasteiger partial charge < -0.3 is 14.9 Å². The van der Waals surface area contributed by atoms with Crippen molar-refractivity contribution in [1.82, 2.24) is 10.0 Å². The van der Waals surface area contributed by atoms with Gasteiger partial charge in [0.15, 0.2) is 5.60 Å². The first kappa shape index (κ1) is 28.3. The SMILES string of the molecule is CCc1ccccc1SC1=C(O)CC(CN(C(C)C)N(Cc2ccccc2)C(=O)O)(c2ccccc2)OC1=O. The van der Waals surface area contributed by atoms with E-state index in [1.54, 1.807) is 5.01 Å². The molecule has 39 heavy (non-hydrogen) atoms. The zero-order valence-corrected chi connectivity index (χ0v) is 23.2. The summed E-state index contributed by atoms with van der Waals surface area (Å²) in [4.78, 5) is 27.1. The highest BCUT2D eigenvalue weighted by molar-refractivity contribution is 8.04. The number of aliphatic hydroxyl groups is 1. The highest BCUT2D eigenvalue weighted by Gasteiger charge is 2.47. The number of hydrogen-bond donors (Lipinski definition) is 2. The first-order chi connectivity index (χ1) is 18.7. The van der Waals surface area contributed by atoms with Gasteiger partial charge in [0.1, 0.15) is 10.7 Å². The van der Waals surface area contributed by atoms with Gasteiger partial charge in [-0.25, -0.2) is 19.6 Å². The van der Waals surface area contributed by atoms with Crippen LogP contribution in [0.3, 0.4) is 0 Å². The van der Waals surface area contributed by atoms with Crippen LogP contribution in [0.4, 0.5) is 4.79 Å². The molecule has 0 aliphatic carbocycles. The average Bonchev–Trinajstić information content (AvgIpc) is 2.93. The van der Waals surface area contributed by atoms with Crippen LogP contribution in [-0.2, 0) is 28.1 Å². The largest absolute Gasteiger partial charge is 0.511 e. The minimum absolute atomic E-state index is 0.0153. The van der Waals surface area contributed by atoms with Crippen molar-refractivity contribution in [3.8, 4) is 0 Å². The number of nitrogens with zero attached hydrogens (tertiary/aromatic N) is 2. The van der Waals surface area contributed by atoms with Crippen LogP contribution in [0, 0.1) is 0 Å². The maximum atomic E-state index is 13.5. The Balaban J connectivity index is 1.72. The summed E-state index contributed by atoms with van der Waals surface area (Å²) in [5, 5.41) is 24.5. The molecule has 1 amide bonds. The molecule has 0 saturated carbocycles. The Morgan fingerprint density at radius 2 is 1.62 bits per heavy atom. The molecule has 0 saturated heterocycles. The lowest BCUT2D eigenvalue weighted by atomic mass is 9.87. The molecule has 0 radical (unpaired) electrons. The minimum atomic E-state index is -1.30. The number of ether oxygens (including phenoxy) is 1. The Kier molecular flexibility index (Phi) is 8.99. The van der Waals surface area contributed by atoms with Crippen LogP contribution in [-0.4, -0.2) is 44.9 Å². The zero-order valence-electron chi connectivity index (χ0n) is 22.4. The van der Waals surface area contributed by atoms with E-state index in [0.29, 0.717) is 5.56 Å². The highest BCUT2D eigenvalue weighted by atomic mass is 32.2. The van der Waals surface area contributed by atoms with Gasteiger partial charge in [0.25, 0.3) is 0 Å². The number of hydrogen-bond acceptors (Lipinski definition) is 6. The molecule has 1 aliphatic rings. The second-order valence-electron chi connectivity index (χ2n) is 9.78. The van der Waals surface area contributed by atoms with Gasteiger partial charge in [-0.15, -0.1) is 0 Å². The van der Waals surface area contributed by atoms with Gasteiger partial charge in [0, 0.05) is 10.9 Å². The summed E-state index contributed by atoms with van der Waals surface area (Å²) in [5.41, 5.74) is 1.28. The normalized spacial score (nSPS) is 17.4. The monoisotopic (exact) mass is 546 g/mol. The fourth-order valence-electron chi connectivity index (χ4n) is 4.75. The molecule has 1 unspecified atom stereocenters. The van der Waals surface area contributed by atoms with E-state index in [1.807, 2.05) is 106 Å². The molecule has 7 nitrogen and oxygen atoms in total. The number of aryl methyl sites for hydroxylation is 1. The molecule has 0 bridgehead atoms. The number of benzene rings is 3. The van der Waals surface area contributed by atoms with E-state index in [2.05, 4.69) is 0 Å². The molecule has 0 aromatic heterocycles. The number of rotatable bonds is 10. The van der Waals surface area contributed by atoms with Crippen molar-refractivity contribution in [3.63, 3.8) is 0 Å². The fourth-order valence-corrected chi connectivity index (χ4v) is 5.77. The number of carboxylic acid groups (broad SMARTS) is 1. The number of esters is 1. The molecule has 3 aromatic carbocycles.